The number of carbonyl (C=O) groups excluding carboxylic acids is 1. The molecule has 1 atom stereocenters. The monoisotopic (exact) mass is 117 g/mol. The van der Waals surface area contributed by atoms with E-state index >= 15 is 0 Å². The van der Waals surface area contributed by atoms with Crippen LogP contribution in [0.4, 0.5) is 0 Å². The molecule has 8 heavy (non-hydrogen) atoms. The lowest BCUT2D eigenvalue weighted by atomic mass is 9.93. The van der Waals surface area contributed by atoms with Crippen LogP contribution in [0.15, 0.2) is 0 Å². The Labute approximate surface area is 48.0 Å². The maximum absolute atomic E-state index is 10.2. The molecule has 0 saturated carbocycles. The van der Waals surface area contributed by atoms with Crippen LogP contribution in [-0.2, 0) is 9.53 Å². The van der Waals surface area contributed by atoms with Gasteiger partial charge < -0.3 is 15.6 Å². The second-order valence-electron chi connectivity index (χ2n) is 1.64. The number of methoxy groups -OCH3 is 1. The fourth-order valence-electron chi connectivity index (χ4n) is 0.207. The van der Waals surface area contributed by atoms with Gasteiger partial charge in [0.1, 0.15) is 0 Å². The third-order valence-electron chi connectivity index (χ3n) is 0.599. The third-order valence-corrected chi connectivity index (χ3v) is 0.599. The molecule has 0 radical (unpaired) electrons. The molecule has 0 aromatic rings. The van der Waals surface area contributed by atoms with Gasteiger partial charge in [0.15, 0.2) is 13.5 Å². The first-order valence-corrected chi connectivity index (χ1v) is 2.08. The van der Waals surface area contributed by atoms with E-state index in [9.17, 15) is 4.79 Å². The Morgan fingerprint density at radius 3 is 2.38 bits per heavy atom. The van der Waals surface area contributed by atoms with Crippen molar-refractivity contribution in [1.82, 2.24) is 0 Å². The van der Waals surface area contributed by atoms with Gasteiger partial charge in [0, 0.05) is 0 Å². The summed E-state index contributed by atoms with van der Waals surface area (Å²) in [4.78, 5) is 10.2. The minimum absolute atomic E-state index is 0.836. The average Bonchev–Trinajstić information content (AvgIpc) is 1.62. The lowest BCUT2D eigenvalue weighted by molar-refractivity contribution is -0.153. The van der Waals surface area contributed by atoms with Crippen LogP contribution >= 0.6 is 0 Å². The molecule has 0 aliphatic carbocycles. The summed E-state index contributed by atoms with van der Waals surface area (Å²) in [7, 11) is 2.31. The summed E-state index contributed by atoms with van der Waals surface area (Å²) in [6, 6.07) is 0. The van der Waals surface area contributed by atoms with Crippen molar-refractivity contribution >= 4 is 13.8 Å². The molecule has 0 aliphatic rings. The van der Waals surface area contributed by atoms with E-state index in [2.05, 4.69) is 4.74 Å². The molecule has 0 saturated heterocycles. The molecule has 3 N–H and O–H groups in total. The van der Waals surface area contributed by atoms with Crippen LogP contribution in [0.3, 0.4) is 0 Å². The van der Waals surface area contributed by atoms with Crippen molar-refractivity contribution in [2.24, 2.45) is 5.73 Å². The van der Waals surface area contributed by atoms with Crippen molar-refractivity contribution in [3.05, 3.63) is 0 Å². The Hall–Kier alpha value is -0.545. The highest BCUT2D eigenvalue weighted by Gasteiger charge is 2.24. The predicted octanol–water partition coefficient (Wildman–Crippen LogP) is -2.60. The zero-order valence-electron chi connectivity index (χ0n) is 4.84. The zero-order chi connectivity index (χ0) is 6.78. The van der Waals surface area contributed by atoms with E-state index in [1.807, 2.05) is 0 Å². The molecule has 0 bridgehead atoms. The highest BCUT2D eigenvalue weighted by atomic mass is 16.5. The fraction of sp³-hybridized carbons (Fsp3) is 0.667. The van der Waals surface area contributed by atoms with Crippen molar-refractivity contribution in [2.45, 2.75) is 5.62 Å². The summed E-state index contributed by atoms with van der Waals surface area (Å²) in [5.41, 5.74) is 3.02. The molecule has 0 aromatic carbocycles. The first-order valence-electron chi connectivity index (χ1n) is 2.08. The molecule has 0 aliphatic heterocycles. The Morgan fingerprint density at radius 1 is 2.00 bits per heavy atom. The Morgan fingerprint density at radius 2 is 2.38 bits per heavy atom. The second kappa shape index (κ2) is 2.15. The Bertz CT molecular complexity index is 97.2. The van der Waals surface area contributed by atoms with Gasteiger partial charge in [0.25, 0.3) is 0 Å². The van der Waals surface area contributed by atoms with Gasteiger partial charge in [-0.25, -0.2) is 4.79 Å². The molecule has 0 spiro atoms. The SMILES string of the molecule is BC(N)(O)C(=O)OC. The molecule has 0 fully saturated rings. The van der Waals surface area contributed by atoms with Gasteiger partial charge in [-0.1, -0.05) is 0 Å². The number of ether oxygens (including phenoxy) is 1. The van der Waals surface area contributed by atoms with Crippen LogP contribution in [0, 0.1) is 0 Å². The van der Waals surface area contributed by atoms with Gasteiger partial charge >= 0.3 is 5.97 Å². The van der Waals surface area contributed by atoms with Crippen molar-refractivity contribution in [3.8, 4) is 0 Å². The summed E-state index contributed by atoms with van der Waals surface area (Å²) >= 11 is 0. The number of hydrogen-bond donors (Lipinski definition) is 2. The number of nitrogens with two attached hydrogens (primary N) is 1. The van der Waals surface area contributed by atoms with E-state index in [0.29, 0.717) is 0 Å². The van der Waals surface area contributed by atoms with Crippen LogP contribution in [0.5, 0.6) is 0 Å². The van der Waals surface area contributed by atoms with Crippen LogP contribution < -0.4 is 5.73 Å². The zero-order valence-corrected chi connectivity index (χ0v) is 4.84. The molecule has 0 amide bonds. The fourth-order valence-corrected chi connectivity index (χ4v) is 0.207. The predicted molar refractivity (Wildman–Crippen MR) is 29.7 cm³/mol. The van der Waals surface area contributed by atoms with Crippen molar-refractivity contribution in [3.63, 3.8) is 0 Å². The standard InChI is InChI=1S/C3H8BNO3/c1-8-2(6)3(4,5)7/h7H,4-5H2,1H3. The van der Waals surface area contributed by atoms with Crippen LogP contribution in [-0.4, -0.2) is 31.7 Å². The van der Waals surface area contributed by atoms with E-state index in [1.54, 1.807) is 0 Å². The summed E-state index contributed by atoms with van der Waals surface area (Å²) < 4.78 is 4.10. The highest BCUT2D eigenvalue weighted by Crippen LogP contribution is 1.87. The Balaban J connectivity index is 3.82. The summed E-state index contributed by atoms with van der Waals surface area (Å²) in [5, 5.41) is 8.59. The lowest BCUT2D eigenvalue weighted by Gasteiger charge is -2.12. The molecular weight excluding hydrogens is 109 g/mol. The number of hydrogen-bond acceptors (Lipinski definition) is 4. The van der Waals surface area contributed by atoms with E-state index < -0.39 is 11.6 Å². The van der Waals surface area contributed by atoms with Crippen LogP contribution in [0.25, 0.3) is 0 Å². The topological polar surface area (TPSA) is 72.5 Å². The van der Waals surface area contributed by atoms with E-state index in [0.717, 1.165) is 15.0 Å². The molecular formula is C3H8BNO3. The average molecular weight is 117 g/mol. The number of esters is 1. The first-order chi connectivity index (χ1) is 3.48. The largest absolute Gasteiger partial charge is 0.466 e. The van der Waals surface area contributed by atoms with Crippen molar-refractivity contribution < 1.29 is 14.6 Å². The lowest BCUT2D eigenvalue weighted by Crippen LogP contribution is -2.49. The van der Waals surface area contributed by atoms with E-state index in [1.165, 1.54) is 0 Å². The van der Waals surface area contributed by atoms with E-state index in [-0.39, 0.29) is 0 Å². The second-order valence-corrected chi connectivity index (χ2v) is 1.64. The van der Waals surface area contributed by atoms with Gasteiger partial charge in [-0.05, 0) is 0 Å². The van der Waals surface area contributed by atoms with Gasteiger partial charge in [0.05, 0.1) is 7.11 Å². The third kappa shape index (κ3) is 1.95. The van der Waals surface area contributed by atoms with Gasteiger partial charge in [-0.3, -0.25) is 0 Å². The summed E-state index contributed by atoms with van der Waals surface area (Å²) in [6.07, 6.45) is 0. The van der Waals surface area contributed by atoms with Gasteiger partial charge in [0.2, 0.25) is 0 Å². The van der Waals surface area contributed by atoms with Gasteiger partial charge in [-0.2, -0.15) is 0 Å². The minimum atomic E-state index is -1.85. The molecule has 5 heteroatoms. The van der Waals surface area contributed by atoms with Crippen molar-refractivity contribution in [2.75, 3.05) is 7.11 Å². The first kappa shape index (κ1) is 7.45. The number of rotatable bonds is 1. The molecule has 46 valence electrons. The molecule has 1 unspecified atom stereocenters. The van der Waals surface area contributed by atoms with Crippen molar-refractivity contribution in [1.29, 1.82) is 0 Å². The van der Waals surface area contributed by atoms with Crippen LogP contribution in [0.2, 0.25) is 0 Å². The van der Waals surface area contributed by atoms with Crippen LogP contribution in [0.1, 0.15) is 0 Å². The Kier molecular flexibility index (Phi) is 2.00. The highest BCUT2D eigenvalue weighted by molar-refractivity contribution is 6.25. The maximum atomic E-state index is 10.2. The maximum Gasteiger partial charge on any atom is 0.342 e. The summed E-state index contributed by atoms with van der Waals surface area (Å²) in [5.74, 6) is -0.836. The number of carbonyl (C=O) groups is 1. The minimum Gasteiger partial charge on any atom is -0.466 e. The smallest absolute Gasteiger partial charge is 0.342 e. The molecule has 4 nitrogen and oxygen atoms in total. The van der Waals surface area contributed by atoms with E-state index in [4.69, 9.17) is 10.8 Å². The normalized spacial score (nSPS) is 16.9. The molecule has 0 heterocycles. The molecule has 0 aromatic heterocycles. The number of aliphatic hydroxyl groups is 1. The molecule has 0 rings (SSSR count). The van der Waals surface area contributed by atoms with Gasteiger partial charge in [-0.15, -0.1) is 0 Å². The quantitative estimate of drug-likeness (QED) is 0.224. The summed E-state index contributed by atoms with van der Waals surface area (Å²) in [6.45, 7) is 0.